The van der Waals surface area contributed by atoms with E-state index in [1.165, 1.54) is 28.0 Å². The van der Waals surface area contributed by atoms with E-state index in [-0.39, 0.29) is 11.7 Å². The fourth-order valence-corrected chi connectivity index (χ4v) is 4.50. The number of hydrogen-bond acceptors (Lipinski definition) is 6. The van der Waals surface area contributed by atoms with Gasteiger partial charge < -0.3 is 5.32 Å². The number of thiazole rings is 1. The summed E-state index contributed by atoms with van der Waals surface area (Å²) in [6, 6.07) is 13.4. The number of carbonyl (C=O) groups is 2. The monoisotopic (exact) mass is 403 g/mol. The van der Waals surface area contributed by atoms with Crippen molar-refractivity contribution in [2.24, 2.45) is 0 Å². The van der Waals surface area contributed by atoms with Crippen LogP contribution >= 0.6 is 34.4 Å². The number of nitrogens with one attached hydrogen (secondary N) is 2. The second-order valence-corrected chi connectivity index (χ2v) is 8.40. The van der Waals surface area contributed by atoms with E-state index in [0.29, 0.717) is 6.54 Å². The fraction of sp³-hybridized carbons (Fsp3) is 0.167. The molecule has 3 aromatic rings. The summed E-state index contributed by atoms with van der Waals surface area (Å²) in [5, 5.41) is 8.99. The summed E-state index contributed by atoms with van der Waals surface area (Å²) in [5.74, 6) is -0.180. The third-order valence-corrected chi connectivity index (χ3v) is 6.33. The molecule has 0 radical (unpaired) electrons. The molecule has 2 heterocycles. The lowest BCUT2D eigenvalue weighted by Gasteiger charge is -2.05. The fourth-order valence-electron chi connectivity index (χ4n) is 2.15. The van der Waals surface area contributed by atoms with Gasteiger partial charge in [-0.05, 0) is 17.9 Å². The van der Waals surface area contributed by atoms with E-state index in [4.69, 9.17) is 0 Å². The summed E-state index contributed by atoms with van der Waals surface area (Å²) >= 11 is 4.46. The maximum Gasteiger partial charge on any atom is 0.321 e. The van der Waals surface area contributed by atoms with Crippen LogP contribution in [0.4, 0.5) is 4.79 Å². The van der Waals surface area contributed by atoms with Gasteiger partial charge in [0.15, 0.2) is 4.34 Å². The van der Waals surface area contributed by atoms with Crippen LogP contribution in [0.2, 0.25) is 0 Å². The van der Waals surface area contributed by atoms with Gasteiger partial charge in [-0.3, -0.25) is 10.1 Å². The van der Waals surface area contributed by atoms with Crippen molar-refractivity contribution in [1.82, 2.24) is 15.6 Å². The van der Waals surface area contributed by atoms with Crippen LogP contribution in [0.15, 0.2) is 57.6 Å². The molecule has 3 rings (SSSR count). The molecule has 0 fully saturated rings. The zero-order valence-electron chi connectivity index (χ0n) is 13.8. The van der Waals surface area contributed by atoms with Crippen LogP contribution in [0, 0.1) is 0 Å². The van der Waals surface area contributed by atoms with Crippen molar-refractivity contribution in [2.45, 2.75) is 10.8 Å². The van der Waals surface area contributed by atoms with Crippen molar-refractivity contribution in [3.05, 3.63) is 58.1 Å². The average Bonchev–Trinajstić information content (AvgIpc) is 3.33. The van der Waals surface area contributed by atoms with E-state index < -0.39 is 6.03 Å². The molecule has 0 bridgehead atoms. The Bertz CT molecular complexity index is 848. The van der Waals surface area contributed by atoms with E-state index >= 15 is 0 Å². The molecular weight excluding hydrogens is 386 g/mol. The first-order chi connectivity index (χ1) is 12.7. The molecule has 0 saturated carbocycles. The zero-order chi connectivity index (χ0) is 18.2. The molecule has 8 heteroatoms. The molecule has 0 aliphatic rings. The predicted molar refractivity (Wildman–Crippen MR) is 108 cm³/mol. The topological polar surface area (TPSA) is 71.1 Å². The second-order valence-electron chi connectivity index (χ2n) is 5.29. The molecule has 5 nitrogen and oxygen atoms in total. The molecule has 3 amide bonds. The summed E-state index contributed by atoms with van der Waals surface area (Å²) in [6.45, 7) is 0.500. The maximum atomic E-state index is 11.9. The lowest BCUT2D eigenvalue weighted by atomic mass is 10.2. The van der Waals surface area contributed by atoms with Gasteiger partial charge in [0.2, 0.25) is 5.91 Å². The van der Waals surface area contributed by atoms with Crippen LogP contribution in [0.1, 0.15) is 4.88 Å². The summed E-state index contributed by atoms with van der Waals surface area (Å²) < 4.78 is 0.803. The van der Waals surface area contributed by atoms with E-state index in [0.717, 1.165) is 22.0 Å². The molecule has 0 spiro atoms. The molecule has 2 aromatic heterocycles. The Balaban J connectivity index is 1.38. The standard InChI is InChI=1S/C18H17N3O2S3/c22-16(21-17(23)19-9-8-14-7-4-10-24-14)12-26-18-20-15(11-25-18)13-5-2-1-3-6-13/h1-7,10-11H,8-9,12H2,(H2,19,21,22,23). The van der Waals surface area contributed by atoms with Gasteiger partial charge in [-0.15, -0.1) is 22.7 Å². The molecule has 26 heavy (non-hydrogen) atoms. The van der Waals surface area contributed by atoms with Crippen molar-refractivity contribution in [3.8, 4) is 11.3 Å². The van der Waals surface area contributed by atoms with Gasteiger partial charge >= 0.3 is 6.03 Å². The number of amides is 3. The Morgan fingerprint density at radius 1 is 1.08 bits per heavy atom. The Morgan fingerprint density at radius 2 is 1.92 bits per heavy atom. The summed E-state index contributed by atoms with van der Waals surface area (Å²) in [7, 11) is 0. The number of benzene rings is 1. The number of hydrogen-bond donors (Lipinski definition) is 2. The van der Waals surface area contributed by atoms with E-state index in [2.05, 4.69) is 15.6 Å². The summed E-state index contributed by atoms with van der Waals surface area (Å²) in [5.41, 5.74) is 1.94. The van der Waals surface area contributed by atoms with Crippen LogP contribution in [0.3, 0.4) is 0 Å². The quantitative estimate of drug-likeness (QED) is 0.584. The molecular formula is C18H17N3O2S3. The largest absolute Gasteiger partial charge is 0.337 e. The van der Waals surface area contributed by atoms with Gasteiger partial charge in [0.1, 0.15) is 0 Å². The van der Waals surface area contributed by atoms with E-state index in [1.807, 2.05) is 53.2 Å². The minimum absolute atomic E-state index is 0.153. The lowest BCUT2D eigenvalue weighted by Crippen LogP contribution is -2.41. The van der Waals surface area contributed by atoms with Crippen molar-refractivity contribution in [2.75, 3.05) is 12.3 Å². The van der Waals surface area contributed by atoms with Crippen LogP contribution in [0.5, 0.6) is 0 Å². The van der Waals surface area contributed by atoms with Gasteiger partial charge in [-0.25, -0.2) is 9.78 Å². The Hall–Kier alpha value is -2.16. The van der Waals surface area contributed by atoms with E-state index in [9.17, 15) is 9.59 Å². The molecule has 1 aromatic carbocycles. The second kappa shape index (κ2) is 9.51. The van der Waals surface area contributed by atoms with E-state index in [1.54, 1.807) is 11.3 Å². The SMILES string of the molecule is O=C(CSc1nc(-c2ccccc2)cs1)NC(=O)NCCc1cccs1. The highest BCUT2D eigenvalue weighted by Crippen LogP contribution is 2.27. The molecule has 134 valence electrons. The number of urea groups is 1. The third-order valence-electron chi connectivity index (χ3n) is 3.37. The first-order valence-electron chi connectivity index (χ1n) is 7.94. The Labute approximate surface area is 163 Å². The molecule has 0 aliphatic carbocycles. The van der Waals surface area contributed by atoms with Gasteiger partial charge in [0, 0.05) is 22.4 Å². The highest BCUT2D eigenvalue weighted by molar-refractivity contribution is 8.01. The summed E-state index contributed by atoms with van der Waals surface area (Å²) in [6.07, 6.45) is 0.759. The molecule has 2 N–H and O–H groups in total. The number of imide groups is 1. The molecule has 0 atom stereocenters. The zero-order valence-corrected chi connectivity index (χ0v) is 16.3. The minimum Gasteiger partial charge on any atom is -0.337 e. The predicted octanol–water partition coefficient (Wildman–Crippen LogP) is 4.03. The normalized spacial score (nSPS) is 10.5. The lowest BCUT2D eigenvalue weighted by molar-refractivity contribution is -0.117. The Morgan fingerprint density at radius 3 is 2.69 bits per heavy atom. The number of rotatable bonds is 7. The molecule has 0 saturated heterocycles. The van der Waals surface area contributed by atoms with Crippen molar-refractivity contribution in [3.63, 3.8) is 0 Å². The van der Waals surface area contributed by atoms with Crippen LogP contribution < -0.4 is 10.6 Å². The number of aromatic nitrogens is 1. The van der Waals surface area contributed by atoms with Gasteiger partial charge in [0.05, 0.1) is 11.4 Å². The van der Waals surface area contributed by atoms with Crippen molar-refractivity contribution >= 4 is 46.4 Å². The average molecular weight is 404 g/mol. The highest BCUT2D eigenvalue weighted by Gasteiger charge is 2.10. The van der Waals surface area contributed by atoms with Crippen molar-refractivity contribution in [1.29, 1.82) is 0 Å². The highest BCUT2D eigenvalue weighted by atomic mass is 32.2. The minimum atomic E-state index is -0.462. The molecule has 0 aliphatic heterocycles. The first-order valence-corrected chi connectivity index (χ1v) is 10.7. The number of thioether (sulfide) groups is 1. The number of nitrogens with zero attached hydrogens (tertiary/aromatic N) is 1. The maximum absolute atomic E-state index is 11.9. The number of carbonyl (C=O) groups excluding carboxylic acids is 2. The van der Waals surface area contributed by atoms with Crippen LogP contribution in [0.25, 0.3) is 11.3 Å². The van der Waals surface area contributed by atoms with Gasteiger partial charge in [-0.2, -0.15) is 0 Å². The van der Waals surface area contributed by atoms with Crippen LogP contribution in [-0.4, -0.2) is 29.2 Å². The third kappa shape index (κ3) is 5.69. The molecule has 0 unspecified atom stereocenters. The summed E-state index contributed by atoms with van der Waals surface area (Å²) in [4.78, 5) is 29.3. The first kappa shape index (κ1) is 18.6. The number of thiophene rings is 1. The smallest absolute Gasteiger partial charge is 0.321 e. The van der Waals surface area contributed by atoms with Crippen LogP contribution in [-0.2, 0) is 11.2 Å². The van der Waals surface area contributed by atoms with Crippen molar-refractivity contribution < 1.29 is 9.59 Å². The van der Waals surface area contributed by atoms with Gasteiger partial charge in [0.25, 0.3) is 0 Å². The van der Waals surface area contributed by atoms with Gasteiger partial charge in [-0.1, -0.05) is 48.2 Å². The Kier molecular flexibility index (Phi) is 6.82.